The van der Waals surface area contributed by atoms with Gasteiger partial charge in [0.2, 0.25) is 6.21 Å². The lowest BCUT2D eigenvalue weighted by atomic mass is 9.86. The predicted molar refractivity (Wildman–Crippen MR) is 136 cm³/mol. The molecule has 7 nitrogen and oxygen atoms in total. The van der Waals surface area contributed by atoms with Crippen LogP contribution in [0.15, 0.2) is 30.3 Å². The van der Waals surface area contributed by atoms with Crippen molar-refractivity contribution in [2.75, 3.05) is 11.9 Å². The molecule has 182 valence electrons. The van der Waals surface area contributed by atoms with Gasteiger partial charge in [0.1, 0.15) is 29.8 Å². The summed E-state index contributed by atoms with van der Waals surface area (Å²) in [5, 5.41) is 3.20. The lowest BCUT2D eigenvalue weighted by Crippen LogP contribution is -2.38. The van der Waals surface area contributed by atoms with Crippen LogP contribution in [0.25, 0.3) is 0 Å². The minimum Gasteiger partial charge on any atom is -0.494 e. The van der Waals surface area contributed by atoms with Gasteiger partial charge in [-0.2, -0.15) is 4.28 Å². The van der Waals surface area contributed by atoms with Gasteiger partial charge in [-0.3, -0.25) is 10.1 Å². The van der Waals surface area contributed by atoms with Crippen LogP contribution in [0.3, 0.4) is 0 Å². The number of unbranched alkanes of at least 4 members (excludes halogenated alkanes) is 1. The van der Waals surface area contributed by atoms with E-state index in [2.05, 4.69) is 18.2 Å². The fraction of sp³-hybridized carbons (Fsp3) is 0.375. The molecule has 0 aliphatic carbocycles. The third-order valence-electron chi connectivity index (χ3n) is 5.81. The SMILES string of the molecule is CCC1(CC)OC(=O)Nc2ccc(OCCCC=[N+](OS)c3ccc(Cl)c(Cl)c3C(C)=O)cc21. The summed E-state index contributed by atoms with van der Waals surface area (Å²) in [4.78, 5) is 24.0. The molecule has 1 aliphatic heterocycles. The smallest absolute Gasteiger partial charge is 0.412 e. The average Bonchev–Trinajstić information content (AvgIpc) is 2.82. The third-order valence-corrected chi connectivity index (χ3v) is 6.79. The molecule has 0 unspecified atom stereocenters. The molecular formula is C24H27Cl2N2O5S+. The normalized spacial score (nSPS) is 14.6. The highest BCUT2D eigenvalue weighted by atomic mass is 35.5. The number of fused-ring (bicyclic) bond motifs is 1. The van der Waals surface area contributed by atoms with Crippen molar-refractivity contribution in [3.8, 4) is 5.75 Å². The number of hydrogen-bond acceptors (Lipinski definition) is 6. The molecule has 34 heavy (non-hydrogen) atoms. The Morgan fingerprint density at radius 2 is 1.97 bits per heavy atom. The fourth-order valence-electron chi connectivity index (χ4n) is 3.96. The summed E-state index contributed by atoms with van der Waals surface area (Å²) in [5.41, 5.74) is 1.69. The Hall–Kier alpha value is -2.42. The first-order valence-electron chi connectivity index (χ1n) is 11.0. The predicted octanol–water partition coefficient (Wildman–Crippen LogP) is 7.12. The number of halogens is 2. The van der Waals surface area contributed by atoms with E-state index >= 15 is 0 Å². The van der Waals surface area contributed by atoms with E-state index in [1.54, 1.807) is 18.3 Å². The Kier molecular flexibility index (Phi) is 8.73. The van der Waals surface area contributed by atoms with E-state index < -0.39 is 11.7 Å². The molecule has 1 N–H and O–H groups in total. The van der Waals surface area contributed by atoms with Crippen molar-refractivity contribution in [3.63, 3.8) is 0 Å². The van der Waals surface area contributed by atoms with Crippen LogP contribution in [0.1, 0.15) is 62.4 Å². The van der Waals surface area contributed by atoms with Crippen molar-refractivity contribution < 1.29 is 28.1 Å². The monoisotopic (exact) mass is 525 g/mol. The fourth-order valence-corrected chi connectivity index (χ4v) is 4.56. The molecule has 1 amide bonds. The summed E-state index contributed by atoms with van der Waals surface area (Å²) < 4.78 is 18.1. The Balaban J connectivity index is 1.68. The van der Waals surface area contributed by atoms with Crippen LogP contribution >= 0.6 is 36.1 Å². The minimum atomic E-state index is -0.663. The van der Waals surface area contributed by atoms with Gasteiger partial charge >= 0.3 is 6.09 Å². The van der Waals surface area contributed by atoms with Gasteiger partial charge in [0.05, 0.1) is 22.3 Å². The molecular weight excluding hydrogens is 499 g/mol. The maximum Gasteiger partial charge on any atom is 0.412 e. The van der Waals surface area contributed by atoms with Gasteiger partial charge in [-0.05, 0) is 50.5 Å². The Bertz CT molecular complexity index is 1120. The summed E-state index contributed by atoms with van der Waals surface area (Å²) in [6.07, 6.45) is 3.89. The number of hydrogen-bond donors (Lipinski definition) is 2. The van der Waals surface area contributed by atoms with Crippen LogP contribution in [0.2, 0.25) is 10.0 Å². The summed E-state index contributed by atoms with van der Waals surface area (Å²) >= 11 is 16.2. The Morgan fingerprint density at radius 3 is 2.62 bits per heavy atom. The van der Waals surface area contributed by atoms with Gasteiger partial charge in [0, 0.05) is 22.8 Å². The first-order valence-corrected chi connectivity index (χ1v) is 12.1. The zero-order valence-corrected chi connectivity index (χ0v) is 21.6. The van der Waals surface area contributed by atoms with Crippen molar-refractivity contribution in [2.45, 2.75) is 52.1 Å². The van der Waals surface area contributed by atoms with E-state index in [1.807, 2.05) is 32.0 Å². The summed E-state index contributed by atoms with van der Waals surface area (Å²) in [6, 6.07) is 8.82. The van der Waals surface area contributed by atoms with Crippen molar-refractivity contribution in [2.24, 2.45) is 0 Å². The highest BCUT2D eigenvalue weighted by Gasteiger charge is 2.39. The number of carbonyl (C=O) groups excluding carboxylic acids is 2. The second-order valence-corrected chi connectivity index (χ2v) is 8.76. The summed E-state index contributed by atoms with van der Waals surface area (Å²) in [7, 11) is 0. The van der Waals surface area contributed by atoms with Crippen LogP contribution in [0.4, 0.5) is 16.2 Å². The van der Waals surface area contributed by atoms with Crippen molar-refractivity contribution >= 4 is 65.6 Å². The van der Waals surface area contributed by atoms with Gasteiger partial charge in [0.15, 0.2) is 5.78 Å². The highest BCUT2D eigenvalue weighted by molar-refractivity contribution is 7.74. The van der Waals surface area contributed by atoms with E-state index in [0.717, 1.165) is 11.3 Å². The average molecular weight is 526 g/mol. The summed E-state index contributed by atoms with van der Waals surface area (Å²) in [5.74, 6) is 0.452. The van der Waals surface area contributed by atoms with Crippen LogP contribution < -0.4 is 10.1 Å². The third kappa shape index (κ3) is 5.45. The second-order valence-electron chi connectivity index (χ2n) is 7.82. The molecule has 10 heteroatoms. The number of ether oxygens (including phenoxy) is 2. The molecule has 0 fully saturated rings. The summed E-state index contributed by atoms with van der Waals surface area (Å²) in [6.45, 7) is 5.84. The van der Waals surface area contributed by atoms with Crippen molar-refractivity contribution in [1.29, 1.82) is 0 Å². The molecule has 0 bridgehead atoms. The number of nitrogens with zero attached hydrogens (tertiary/aromatic N) is 1. The molecule has 1 aliphatic rings. The number of thiol groups is 1. The molecule has 0 saturated heterocycles. The van der Waals surface area contributed by atoms with Crippen LogP contribution in [0.5, 0.6) is 5.75 Å². The highest BCUT2D eigenvalue weighted by Crippen LogP contribution is 2.42. The van der Waals surface area contributed by atoms with Crippen LogP contribution in [0, 0.1) is 0 Å². The van der Waals surface area contributed by atoms with E-state index in [1.165, 1.54) is 11.7 Å². The standard InChI is InChI=1S/C24H26Cl2N2O5S/c1-4-24(5-2)17-14-16(8-10-19(17)27-23(30)32-24)31-13-7-6-12-28(33-34)20-11-9-18(25)22(26)21(20)15(3)29/h8-12,14H,4-7,13H2,1-3H3,(H-,27,30,34)/p+1. The van der Waals surface area contributed by atoms with E-state index in [9.17, 15) is 9.59 Å². The Labute approximate surface area is 214 Å². The number of benzene rings is 2. The maximum atomic E-state index is 12.1. The lowest BCUT2D eigenvalue weighted by Gasteiger charge is -2.37. The maximum absolute atomic E-state index is 12.1. The van der Waals surface area contributed by atoms with Gasteiger partial charge in [-0.15, -0.1) is 0 Å². The van der Waals surface area contributed by atoms with Gasteiger partial charge in [0.25, 0.3) is 5.69 Å². The largest absolute Gasteiger partial charge is 0.494 e. The van der Waals surface area contributed by atoms with Gasteiger partial charge < -0.3 is 9.47 Å². The number of ketones is 1. The van der Waals surface area contributed by atoms with Crippen LogP contribution in [-0.2, 0) is 14.6 Å². The molecule has 0 aromatic heterocycles. The molecule has 2 aromatic rings. The lowest BCUT2D eigenvalue weighted by molar-refractivity contribution is -0.672. The Morgan fingerprint density at radius 1 is 1.24 bits per heavy atom. The topological polar surface area (TPSA) is 76.9 Å². The molecule has 1 heterocycles. The molecule has 0 atom stereocenters. The zero-order chi connectivity index (χ0) is 24.9. The number of carbonyl (C=O) groups is 2. The number of anilines is 1. The molecule has 0 spiro atoms. The number of nitrogens with one attached hydrogen (secondary N) is 1. The van der Waals surface area contributed by atoms with E-state index in [-0.39, 0.29) is 21.4 Å². The van der Waals surface area contributed by atoms with Crippen molar-refractivity contribution in [1.82, 2.24) is 0 Å². The second kappa shape index (κ2) is 11.3. The minimum absolute atomic E-state index is 0.168. The molecule has 0 radical (unpaired) electrons. The first-order chi connectivity index (χ1) is 16.3. The first kappa shape index (κ1) is 26.2. The quantitative estimate of drug-likeness (QED) is 0.0656. The van der Waals surface area contributed by atoms with Gasteiger partial charge in [-0.25, -0.2) is 4.79 Å². The number of Topliss-reactive ketones (excluding diaryl/α,β-unsaturated/α-hetero) is 1. The zero-order valence-electron chi connectivity index (χ0n) is 19.2. The van der Waals surface area contributed by atoms with E-state index in [0.29, 0.717) is 43.7 Å². The number of cyclic esters (lactones) is 1. The number of amides is 1. The van der Waals surface area contributed by atoms with Crippen LogP contribution in [-0.4, -0.2) is 29.4 Å². The van der Waals surface area contributed by atoms with Gasteiger partial charge in [-0.1, -0.05) is 37.0 Å². The molecule has 2 aromatic carbocycles. The molecule has 3 rings (SSSR count). The molecule has 0 saturated carbocycles. The van der Waals surface area contributed by atoms with Crippen molar-refractivity contribution in [3.05, 3.63) is 51.5 Å². The number of rotatable bonds is 10. The van der Waals surface area contributed by atoms with E-state index in [4.69, 9.17) is 37.0 Å².